The summed E-state index contributed by atoms with van der Waals surface area (Å²) in [5, 5.41) is 2.80. The molecule has 8 nitrogen and oxygen atoms in total. The van der Waals surface area contributed by atoms with Gasteiger partial charge in [0.2, 0.25) is 5.91 Å². The van der Waals surface area contributed by atoms with Crippen molar-refractivity contribution in [2.24, 2.45) is 5.73 Å². The van der Waals surface area contributed by atoms with E-state index in [4.69, 9.17) is 10.2 Å². The zero-order valence-corrected chi connectivity index (χ0v) is 14.2. The van der Waals surface area contributed by atoms with Gasteiger partial charge in [0.1, 0.15) is 0 Å². The Morgan fingerprint density at radius 1 is 1.12 bits per heavy atom. The van der Waals surface area contributed by atoms with Crippen LogP contribution in [0.2, 0.25) is 0 Å². The normalized spacial score (nSPS) is 14.8. The second kappa shape index (κ2) is 7.83. The number of anilines is 1. The Balaban J connectivity index is 1.46. The van der Waals surface area contributed by atoms with Crippen molar-refractivity contribution < 1.29 is 23.7 Å². The van der Waals surface area contributed by atoms with E-state index in [-0.39, 0.29) is 11.8 Å². The quantitative estimate of drug-likeness (QED) is 0.661. The van der Waals surface area contributed by atoms with Gasteiger partial charge in [-0.05, 0) is 36.4 Å². The largest absolute Gasteiger partial charge is 0.459 e. The van der Waals surface area contributed by atoms with Gasteiger partial charge in [0.05, 0.1) is 32.4 Å². The van der Waals surface area contributed by atoms with E-state index in [2.05, 4.69) is 5.32 Å². The van der Waals surface area contributed by atoms with Gasteiger partial charge in [0, 0.05) is 11.3 Å². The van der Waals surface area contributed by atoms with Crippen molar-refractivity contribution in [1.29, 1.82) is 0 Å². The Kier molecular flexibility index (Phi) is 5.33. The highest BCUT2D eigenvalue weighted by atomic mass is 16.3. The molecule has 0 aliphatic carbocycles. The van der Waals surface area contributed by atoms with Crippen molar-refractivity contribution >= 4 is 23.4 Å². The lowest BCUT2D eigenvalue weighted by atomic mass is 10.2. The number of piperazine rings is 1. The molecule has 1 aliphatic rings. The molecule has 1 aliphatic heterocycles. The number of furan rings is 1. The molecule has 1 aromatic heterocycles. The van der Waals surface area contributed by atoms with Crippen molar-refractivity contribution in [3.63, 3.8) is 0 Å². The van der Waals surface area contributed by atoms with E-state index >= 15 is 0 Å². The van der Waals surface area contributed by atoms with Crippen LogP contribution in [-0.4, -0.2) is 55.3 Å². The van der Waals surface area contributed by atoms with E-state index in [1.165, 1.54) is 6.26 Å². The van der Waals surface area contributed by atoms with Crippen LogP contribution in [0, 0.1) is 0 Å². The van der Waals surface area contributed by atoms with Gasteiger partial charge in [-0.1, -0.05) is 0 Å². The monoisotopic (exact) mass is 357 g/mol. The number of benzene rings is 1. The van der Waals surface area contributed by atoms with Crippen LogP contribution in [0.3, 0.4) is 0 Å². The molecule has 0 saturated carbocycles. The van der Waals surface area contributed by atoms with Crippen LogP contribution in [-0.2, 0) is 4.79 Å². The van der Waals surface area contributed by atoms with Crippen LogP contribution in [0.4, 0.5) is 5.69 Å². The van der Waals surface area contributed by atoms with Gasteiger partial charge >= 0.3 is 0 Å². The lowest BCUT2D eigenvalue weighted by molar-refractivity contribution is -0.895. The van der Waals surface area contributed by atoms with Gasteiger partial charge in [-0.25, -0.2) is 0 Å². The Hall–Kier alpha value is -3.13. The van der Waals surface area contributed by atoms with E-state index in [9.17, 15) is 14.4 Å². The highest BCUT2D eigenvalue weighted by Crippen LogP contribution is 2.09. The summed E-state index contributed by atoms with van der Waals surface area (Å²) in [7, 11) is 0. The molecule has 4 N–H and O–H groups in total. The summed E-state index contributed by atoms with van der Waals surface area (Å²) >= 11 is 0. The summed E-state index contributed by atoms with van der Waals surface area (Å²) in [4.78, 5) is 38.3. The lowest BCUT2D eigenvalue weighted by Crippen LogP contribution is -3.15. The third kappa shape index (κ3) is 4.28. The number of primary amides is 1. The molecule has 2 aromatic rings. The average molecular weight is 357 g/mol. The molecule has 0 unspecified atom stereocenters. The molecule has 1 fully saturated rings. The van der Waals surface area contributed by atoms with Crippen LogP contribution in [0.25, 0.3) is 0 Å². The number of hydrogen-bond donors (Lipinski definition) is 3. The molecule has 0 bridgehead atoms. The number of quaternary nitrogens is 1. The fourth-order valence-corrected chi connectivity index (χ4v) is 2.91. The predicted molar refractivity (Wildman–Crippen MR) is 93.8 cm³/mol. The predicted octanol–water partition coefficient (Wildman–Crippen LogP) is -0.642. The summed E-state index contributed by atoms with van der Waals surface area (Å²) < 4.78 is 5.14. The number of hydrogen-bond acceptors (Lipinski definition) is 4. The number of nitrogens with zero attached hydrogens (tertiary/aromatic N) is 1. The van der Waals surface area contributed by atoms with Gasteiger partial charge in [0.25, 0.3) is 11.8 Å². The highest BCUT2D eigenvalue weighted by Gasteiger charge is 2.27. The molecule has 0 radical (unpaired) electrons. The minimum atomic E-state index is -0.505. The fraction of sp³-hybridized carbons (Fsp3) is 0.278. The number of carbonyl (C=O) groups excluding carboxylic acids is 3. The van der Waals surface area contributed by atoms with Crippen LogP contribution in [0.1, 0.15) is 20.9 Å². The number of rotatable bonds is 5. The van der Waals surface area contributed by atoms with Crippen molar-refractivity contribution in [3.05, 3.63) is 54.0 Å². The van der Waals surface area contributed by atoms with Gasteiger partial charge in [-0.2, -0.15) is 0 Å². The molecule has 8 heteroatoms. The van der Waals surface area contributed by atoms with Crippen LogP contribution < -0.4 is 16.0 Å². The van der Waals surface area contributed by atoms with Crippen molar-refractivity contribution in [2.45, 2.75) is 0 Å². The third-order valence-corrected chi connectivity index (χ3v) is 4.35. The zero-order valence-electron chi connectivity index (χ0n) is 14.2. The van der Waals surface area contributed by atoms with E-state index in [1.54, 1.807) is 41.3 Å². The van der Waals surface area contributed by atoms with Gasteiger partial charge < -0.3 is 25.3 Å². The SMILES string of the molecule is NC(=O)c1ccc(NC(=O)C[NH+]2CCN(C(=O)c3ccco3)CC2)cc1. The summed E-state index contributed by atoms with van der Waals surface area (Å²) in [5.41, 5.74) is 6.20. The first-order valence-corrected chi connectivity index (χ1v) is 8.39. The van der Waals surface area contributed by atoms with Gasteiger partial charge in [0.15, 0.2) is 12.3 Å². The number of nitrogens with one attached hydrogen (secondary N) is 2. The lowest BCUT2D eigenvalue weighted by Gasteiger charge is -2.31. The van der Waals surface area contributed by atoms with Crippen molar-refractivity contribution in [1.82, 2.24) is 4.90 Å². The summed E-state index contributed by atoms with van der Waals surface area (Å²) in [5.74, 6) is -0.398. The van der Waals surface area contributed by atoms with Crippen LogP contribution in [0.5, 0.6) is 0 Å². The highest BCUT2D eigenvalue weighted by molar-refractivity contribution is 5.95. The smallest absolute Gasteiger partial charge is 0.289 e. The first kappa shape index (κ1) is 17.7. The minimum Gasteiger partial charge on any atom is -0.459 e. The first-order valence-electron chi connectivity index (χ1n) is 8.39. The molecule has 3 rings (SSSR count). The minimum absolute atomic E-state index is 0.113. The average Bonchev–Trinajstić information content (AvgIpc) is 3.17. The third-order valence-electron chi connectivity index (χ3n) is 4.35. The van der Waals surface area contributed by atoms with E-state index in [0.717, 1.165) is 4.90 Å². The fourth-order valence-electron chi connectivity index (χ4n) is 2.91. The molecule has 0 spiro atoms. The molecular formula is C18H21N4O4+. The van der Waals surface area contributed by atoms with E-state index < -0.39 is 5.91 Å². The maximum absolute atomic E-state index is 12.2. The molecule has 1 saturated heterocycles. The van der Waals surface area contributed by atoms with E-state index in [1.807, 2.05) is 0 Å². The Morgan fingerprint density at radius 3 is 2.38 bits per heavy atom. The summed E-state index contributed by atoms with van der Waals surface area (Å²) in [6.07, 6.45) is 1.48. The molecule has 2 heterocycles. The number of carbonyl (C=O) groups is 3. The second-order valence-electron chi connectivity index (χ2n) is 6.19. The number of amides is 3. The van der Waals surface area contributed by atoms with Crippen LogP contribution in [0.15, 0.2) is 47.1 Å². The molecule has 26 heavy (non-hydrogen) atoms. The topological polar surface area (TPSA) is 110 Å². The molecule has 0 atom stereocenters. The maximum atomic E-state index is 12.2. The van der Waals surface area contributed by atoms with Gasteiger partial charge in [-0.3, -0.25) is 14.4 Å². The second-order valence-corrected chi connectivity index (χ2v) is 6.19. The summed E-state index contributed by atoms with van der Waals surface area (Å²) in [6, 6.07) is 9.78. The molecular weight excluding hydrogens is 336 g/mol. The Bertz CT molecular complexity index is 778. The van der Waals surface area contributed by atoms with Crippen molar-refractivity contribution in [3.8, 4) is 0 Å². The molecule has 136 valence electrons. The standard InChI is InChI=1S/C18H20N4O4/c19-17(24)13-3-5-14(6-4-13)20-16(23)12-21-7-9-22(10-8-21)18(25)15-2-1-11-26-15/h1-6,11H,7-10,12H2,(H2,19,24)(H,20,23)/p+1. The zero-order chi connectivity index (χ0) is 18.5. The Morgan fingerprint density at radius 2 is 1.81 bits per heavy atom. The van der Waals surface area contributed by atoms with Gasteiger partial charge in [-0.15, -0.1) is 0 Å². The number of nitrogens with two attached hydrogens (primary N) is 1. The molecule has 1 aromatic carbocycles. The Labute approximate surface area is 150 Å². The maximum Gasteiger partial charge on any atom is 0.289 e. The first-order chi connectivity index (χ1) is 12.5. The van der Waals surface area contributed by atoms with Crippen molar-refractivity contribution in [2.75, 3.05) is 38.0 Å². The van der Waals surface area contributed by atoms with Crippen LogP contribution >= 0.6 is 0 Å². The summed E-state index contributed by atoms with van der Waals surface area (Å²) in [6.45, 7) is 2.87. The van der Waals surface area contributed by atoms with E-state index in [0.29, 0.717) is 49.7 Å². The molecule has 3 amide bonds.